The first kappa shape index (κ1) is 16.9. The van der Waals surface area contributed by atoms with Gasteiger partial charge in [0.05, 0.1) is 0 Å². The van der Waals surface area contributed by atoms with Gasteiger partial charge in [0.1, 0.15) is 0 Å². The Morgan fingerprint density at radius 1 is 1.33 bits per heavy atom. The molecule has 3 nitrogen and oxygen atoms in total. The second-order valence-corrected chi connectivity index (χ2v) is 4.62. The third-order valence-corrected chi connectivity index (χ3v) is 3.16. The molecule has 0 heterocycles. The molecule has 102 valence electrons. The van der Waals surface area contributed by atoms with E-state index >= 15 is 0 Å². The lowest BCUT2D eigenvalue weighted by molar-refractivity contribution is -0.124. The minimum atomic E-state index is -0.133. The molecule has 0 aromatic heterocycles. The van der Waals surface area contributed by atoms with Crippen molar-refractivity contribution in [2.24, 2.45) is 11.7 Å². The van der Waals surface area contributed by atoms with Gasteiger partial charge < -0.3 is 11.1 Å². The van der Waals surface area contributed by atoms with Gasteiger partial charge in [0.15, 0.2) is 0 Å². The van der Waals surface area contributed by atoms with Gasteiger partial charge in [-0.25, -0.2) is 0 Å². The van der Waals surface area contributed by atoms with Crippen LogP contribution in [0.15, 0.2) is 24.3 Å². The first-order chi connectivity index (χ1) is 8.02. The van der Waals surface area contributed by atoms with Gasteiger partial charge in [0.25, 0.3) is 0 Å². The number of amides is 1. The summed E-state index contributed by atoms with van der Waals surface area (Å²) < 4.78 is 0. The van der Waals surface area contributed by atoms with Gasteiger partial charge in [-0.15, -0.1) is 12.4 Å². The van der Waals surface area contributed by atoms with Gasteiger partial charge >= 0.3 is 0 Å². The van der Waals surface area contributed by atoms with Crippen LogP contribution in [0, 0.1) is 12.8 Å². The minimum absolute atomic E-state index is 0. The number of benzene rings is 1. The van der Waals surface area contributed by atoms with Crippen molar-refractivity contribution < 1.29 is 4.79 Å². The van der Waals surface area contributed by atoms with Crippen LogP contribution in [0.2, 0.25) is 0 Å². The SMILES string of the molecule is Cc1ccccc1CCNC(=O)C(C)C(C)N.Cl. The molecule has 0 saturated heterocycles. The number of nitrogens with one attached hydrogen (secondary N) is 1. The van der Waals surface area contributed by atoms with Gasteiger partial charge in [-0.3, -0.25) is 4.79 Å². The van der Waals surface area contributed by atoms with E-state index in [4.69, 9.17) is 5.73 Å². The van der Waals surface area contributed by atoms with Crippen molar-refractivity contribution >= 4 is 18.3 Å². The van der Waals surface area contributed by atoms with Crippen LogP contribution in [0.3, 0.4) is 0 Å². The summed E-state index contributed by atoms with van der Waals surface area (Å²) in [5.41, 5.74) is 8.23. The van der Waals surface area contributed by atoms with Crippen LogP contribution < -0.4 is 11.1 Å². The van der Waals surface area contributed by atoms with E-state index in [2.05, 4.69) is 24.4 Å². The van der Waals surface area contributed by atoms with Crippen LogP contribution in [0.5, 0.6) is 0 Å². The number of nitrogens with two attached hydrogens (primary N) is 1. The lowest BCUT2D eigenvalue weighted by Gasteiger charge is -2.15. The van der Waals surface area contributed by atoms with Gasteiger partial charge in [-0.05, 0) is 31.4 Å². The summed E-state index contributed by atoms with van der Waals surface area (Å²) in [7, 11) is 0. The highest BCUT2D eigenvalue weighted by Gasteiger charge is 2.16. The van der Waals surface area contributed by atoms with Crippen LogP contribution in [-0.2, 0) is 11.2 Å². The third kappa shape index (κ3) is 5.07. The fourth-order valence-electron chi connectivity index (χ4n) is 1.61. The summed E-state index contributed by atoms with van der Waals surface area (Å²) in [6.45, 7) is 6.46. The molecule has 1 rings (SSSR count). The summed E-state index contributed by atoms with van der Waals surface area (Å²) in [5, 5.41) is 2.92. The fraction of sp³-hybridized carbons (Fsp3) is 0.500. The average Bonchev–Trinajstić information content (AvgIpc) is 2.30. The van der Waals surface area contributed by atoms with E-state index < -0.39 is 0 Å². The molecule has 2 unspecified atom stereocenters. The highest BCUT2D eigenvalue weighted by molar-refractivity contribution is 5.85. The predicted molar refractivity (Wildman–Crippen MR) is 78.0 cm³/mol. The molecule has 4 heteroatoms. The number of hydrogen-bond acceptors (Lipinski definition) is 2. The van der Waals surface area contributed by atoms with Crippen LogP contribution >= 0.6 is 12.4 Å². The maximum atomic E-state index is 11.7. The zero-order chi connectivity index (χ0) is 12.8. The molecule has 1 amide bonds. The lowest BCUT2D eigenvalue weighted by atomic mass is 10.0. The zero-order valence-corrected chi connectivity index (χ0v) is 12.1. The fourth-order valence-corrected chi connectivity index (χ4v) is 1.61. The standard InChI is InChI=1S/C14H22N2O.ClH/c1-10-6-4-5-7-13(10)8-9-16-14(17)11(2)12(3)15;/h4-7,11-12H,8-9,15H2,1-3H3,(H,16,17);1H. The molecule has 0 radical (unpaired) electrons. The van der Waals surface area contributed by atoms with Gasteiger partial charge in [-0.2, -0.15) is 0 Å². The van der Waals surface area contributed by atoms with Gasteiger partial charge in [0.2, 0.25) is 5.91 Å². The summed E-state index contributed by atoms with van der Waals surface area (Å²) in [6, 6.07) is 8.12. The van der Waals surface area contributed by atoms with Crippen molar-refractivity contribution in [3.63, 3.8) is 0 Å². The van der Waals surface area contributed by atoms with E-state index in [0.29, 0.717) is 6.54 Å². The van der Waals surface area contributed by atoms with Crippen molar-refractivity contribution in [2.45, 2.75) is 33.2 Å². The normalized spacial score (nSPS) is 13.3. The lowest BCUT2D eigenvalue weighted by Crippen LogP contribution is -2.39. The number of halogens is 1. The Bertz CT molecular complexity index is 380. The number of carbonyl (C=O) groups excluding carboxylic acids is 1. The van der Waals surface area contributed by atoms with E-state index in [-0.39, 0.29) is 30.3 Å². The zero-order valence-electron chi connectivity index (χ0n) is 11.3. The molecule has 0 fully saturated rings. The van der Waals surface area contributed by atoms with Crippen molar-refractivity contribution in [1.82, 2.24) is 5.32 Å². The first-order valence-corrected chi connectivity index (χ1v) is 6.10. The number of rotatable bonds is 5. The average molecular weight is 271 g/mol. The maximum Gasteiger partial charge on any atom is 0.224 e. The number of carbonyl (C=O) groups is 1. The predicted octanol–water partition coefficient (Wildman–Crippen LogP) is 2.06. The Balaban J connectivity index is 0.00000289. The third-order valence-electron chi connectivity index (χ3n) is 3.16. The maximum absolute atomic E-state index is 11.7. The summed E-state index contributed by atoms with van der Waals surface area (Å²) in [5.74, 6) is -0.0968. The van der Waals surface area contributed by atoms with E-state index in [1.165, 1.54) is 11.1 Å². The highest BCUT2D eigenvalue weighted by Crippen LogP contribution is 2.07. The van der Waals surface area contributed by atoms with Crippen LogP contribution in [0.1, 0.15) is 25.0 Å². The van der Waals surface area contributed by atoms with E-state index in [0.717, 1.165) is 6.42 Å². The molecule has 1 aromatic rings. The Morgan fingerprint density at radius 3 is 2.50 bits per heavy atom. The Kier molecular flexibility index (Phi) is 7.64. The molecule has 3 N–H and O–H groups in total. The largest absolute Gasteiger partial charge is 0.355 e. The van der Waals surface area contributed by atoms with E-state index in [1.807, 2.05) is 26.0 Å². The molecule has 18 heavy (non-hydrogen) atoms. The Hall–Kier alpha value is -1.06. The summed E-state index contributed by atoms with van der Waals surface area (Å²) in [4.78, 5) is 11.7. The second kappa shape index (κ2) is 8.11. The number of hydrogen-bond donors (Lipinski definition) is 2. The molecule has 2 atom stereocenters. The van der Waals surface area contributed by atoms with Gasteiger partial charge in [-0.1, -0.05) is 31.2 Å². The molecule has 1 aromatic carbocycles. The van der Waals surface area contributed by atoms with Crippen molar-refractivity contribution in [2.75, 3.05) is 6.54 Å². The Morgan fingerprint density at radius 2 is 1.94 bits per heavy atom. The summed E-state index contributed by atoms with van der Waals surface area (Å²) >= 11 is 0. The van der Waals surface area contributed by atoms with Crippen LogP contribution in [-0.4, -0.2) is 18.5 Å². The van der Waals surface area contributed by atoms with Crippen LogP contribution in [0.4, 0.5) is 0 Å². The molecular formula is C14H23ClN2O. The minimum Gasteiger partial charge on any atom is -0.355 e. The molecule has 0 spiro atoms. The van der Waals surface area contributed by atoms with E-state index in [1.54, 1.807) is 0 Å². The van der Waals surface area contributed by atoms with E-state index in [9.17, 15) is 4.79 Å². The number of aryl methyl sites for hydroxylation is 1. The first-order valence-electron chi connectivity index (χ1n) is 6.10. The van der Waals surface area contributed by atoms with Crippen LogP contribution in [0.25, 0.3) is 0 Å². The molecule has 0 aliphatic carbocycles. The monoisotopic (exact) mass is 270 g/mol. The molecule has 0 saturated carbocycles. The molecule has 0 aliphatic heterocycles. The Labute approximate surface area is 116 Å². The summed E-state index contributed by atoms with van der Waals surface area (Å²) in [6.07, 6.45) is 0.865. The topological polar surface area (TPSA) is 55.1 Å². The van der Waals surface area contributed by atoms with Crippen molar-refractivity contribution in [3.8, 4) is 0 Å². The van der Waals surface area contributed by atoms with Crippen molar-refractivity contribution in [3.05, 3.63) is 35.4 Å². The molecule has 0 bridgehead atoms. The smallest absolute Gasteiger partial charge is 0.224 e. The second-order valence-electron chi connectivity index (χ2n) is 4.62. The van der Waals surface area contributed by atoms with Gasteiger partial charge in [0, 0.05) is 18.5 Å². The highest BCUT2D eigenvalue weighted by atomic mass is 35.5. The quantitative estimate of drug-likeness (QED) is 0.861. The molecular weight excluding hydrogens is 248 g/mol. The van der Waals surface area contributed by atoms with Crippen molar-refractivity contribution in [1.29, 1.82) is 0 Å². The molecule has 0 aliphatic rings.